The van der Waals surface area contributed by atoms with Crippen LogP contribution in [-0.2, 0) is 0 Å². The predicted octanol–water partition coefficient (Wildman–Crippen LogP) is 3.43. The summed E-state index contributed by atoms with van der Waals surface area (Å²) >= 11 is 2.11. The van der Waals surface area contributed by atoms with Crippen LogP contribution in [-0.4, -0.2) is 17.0 Å². The summed E-state index contributed by atoms with van der Waals surface area (Å²) in [5.74, 6) is 2.17. The molecule has 2 N–H and O–H groups in total. The van der Waals surface area contributed by atoms with Crippen LogP contribution in [0.25, 0.3) is 0 Å². The van der Waals surface area contributed by atoms with Crippen LogP contribution in [0, 0.1) is 5.92 Å². The largest absolute Gasteiger partial charge is 0.327 e. The maximum atomic E-state index is 6.21. The first-order valence-electron chi connectivity index (χ1n) is 6.07. The molecule has 1 aliphatic rings. The van der Waals surface area contributed by atoms with Crippen LogP contribution in [0.3, 0.4) is 0 Å². The summed E-state index contributed by atoms with van der Waals surface area (Å²) < 4.78 is 0. The number of hydrogen-bond acceptors (Lipinski definition) is 2. The predicted molar refractivity (Wildman–Crippen MR) is 66.8 cm³/mol. The molecule has 0 saturated carbocycles. The van der Waals surface area contributed by atoms with Crippen molar-refractivity contribution < 1.29 is 0 Å². The van der Waals surface area contributed by atoms with E-state index in [1.165, 1.54) is 44.3 Å². The molecule has 84 valence electrons. The fourth-order valence-corrected chi connectivity index (χ4v) is 3.44. The van der Waals surface area contributed by atoms with Gasteiger partial charge in [0.25, 0.3) is 0 Å². The molecule has 1 heterocycles. The second-order valence-electron chi connectivity index (χ2n) is 4.89. The molecule has 0 amide bonds. The Hall–Kier alpha value is 0.310. The lowest BCUT2D eigenvalue weighted by atomic mass is 9.99. The Morgan fingerprint density at radius 1 is 1.29 bits per heavy atom. The van der Waals surface area contributed by atoms with Crippen molar-refractivity contribution in [2.24, 2.45) is 11.7 Å². The summed E-state index contributed by atoms with van der Waals surface area (Å²) in [4.78, 5) is 0. The zero-order valence-electron chi connectivity index (χ0n) is 9.67. The quantitative estimate of drug-likeness (QED) is 0.760. The standard InChI is InChI=1S/C12H25NS/c1-10(2)6-5-7-11(13)12-8-3-4-9-14-12/h10-12H,3-9,13H2,1-2H3. The zero-order valence-corrected chi connectivity index (χ0v) is 10.5. The van der Waals surface area contributed by atoms with Crippen LogP contribution in [0.15, 0.2) is 0 Å². The Bertz CT molecular complexity index is 141. The molecule has 14 heavy (non-hydrogen) atoms. The van der Waals surface area contributed by atoms with Gasteiger partial charge in [0.1, 0.15) is 0 Å². The topological polar surface area (TPSA) is 26.0 Å². The zero-order chi connectivity index (χ0) is 10.4. The molecule has 2 unspecified atom stereocenters. The Morgan fingerprint density at radius 2 is 2.07 bits per heavy atom. The number of rotatable bonds is 5. The second kappa shape index (κ2) is 6.73. The van der Waals surface area contributed by atoms with Crippen LogP contribution in [0.5, 0.6) is 0 Å². The van der Waals surface area contributed by atoms with Crippen LogP contribution < -0.4 is 5.73 Å². The van der Waals surface area contributed by atoms with Gasteiger partial charge in [0, 0.05) is 11.3 Å². The van der Waals surface area contributed by atoms with E-state index in [9.17, 15) is 0 Å². The molecule has 1 fully saturated rings. The third kappa shape index (κ3) is 4.70. The minimum Gasteiger partial charge on any atom is -0.327 e. The Balaban J connectivity index is 2.10. The minimum atomic E-state index is 0.457. The van der Waals surface area contributed by atoms with Crippen molar-refractivity contribution in [2.45, 2.75) is 63.7 Å². The van der Waals surface area contributed by atoms with Gasteiger partial charge in [0.15, 0.2) is 0 Å². The summed E-state index contributed by atoms with van der Waals surface area (Å²) in [5.41, 5.74) is 6.21. The highest BCUT2D eigenvalue weighted by atomic mass is 32.2. The van der Waals surface area contributed by atoms with Crippen molar-refractivity contribution >= 4 is 11.8 Å². The maximum absolute atomic E-state index is 6.21. The first kappa shape index (κ1) is 12.4. The molecule has 0 bridgehead atoms. The van der Waals surface area contributed by atoms with E-state index < -0.39 is 0 Å². The van der Waals surface area contributed by atoms with E-state index in [1.54, 1.807) is 0 Å². The normalized spacial score (nSPS) is 25.3. The molecule has 2 heteroatoms. The van der Waals surface area contributed by atoms with Crippen molar-refractivity contribution in [3.05, 3.63) is 0 Å². The van der Waals surface area contributed by atoms with Crippen LogP contribution in [0.4, 0.5) is 0 Å². The molecule has 0 aromatic rings. The van der Waals surface area contributed by atoms with Crippen molar-refractivity contribution in [3.8, 4) is 0 Å². The Labute approximate surface area is 93.2 Å². The minimum absolute atomic E-state index is 0.457. The lowest BCUT2D eigenvalue weighted by molar-refractivity contribution is 0.472. The summed E-state index contributed by atoms with van der Waals surface area (Å²) in [7, 11) is 0. The fourth-order valence-electron chi connectivity index (χ4n) is 2.05. The van der Waals surface area contributed by atoms with E-state index in [1.807, 2.05) is 0 Å². The van der Waals surface area contributed by atoms with Crippen LogP contribution in [0.1, 0.15) is 52.4 Å². The molecule has 1 rings (SSSR count). The Morgan fingerprint density at radius 3 is 2.64 bits per heavy atom. The molecule has 2 atom stereocenters. The Kier molecular flexibility index (Phi) is 5.95. The first-order chi connectivity index (χ1) is 6.70. The van der Waals surface area contributed by atoms with Gasteiger partial charge in [-0.3, -0.25) is 0 Å². The lowest BCUT2D eigenvalue weighted by Gasteiger charge is -2.27. The van der Waals surface area contributed by atoms with Gasteiger partial charge in [-0.1, -0.05) is 33.1 Å². The summed E-state index contributed by atoms with van der Waals surface area (Å²) in [6.07, 6.45) is 8.04. The third-order valence-electron chi connectivity index (χ3n) is 3.01. The molecule has 1 aliphatic heterocycles. The highest BCUT2D eigenvalue weighted by Gasteiger charge is 2.20. The number of hydrogen-bond donors (Lipinski definition) is 1. The fraction of sp³-hybridized carbons (Fsp3) is 1.00. The van der Waals surface area contributed by atoms with Crippen LogP contribution in [0.2, 0.25) is 0 Å². The van der Waals surface area contributed by atoms with E-state index in [4.69, 9.17) is 5.73 Å². The molecule has 0 aromatic carbocycles. The molecule has 0 radical (unpaired) electrons. The van der Waals surface area contributed by atoms with Crippen molar-refractivity contribution in [3.63, 3.8) is 0 Å². The highest BCUT2D eigenvalue weighted by molar-refractivity contribution is 8.00. The van der Waals surface area contributed by atoms with E-state index in [-0.39, 0.29) is 0 Å². The first-order valence-corrected chi connectivity index (χ1v) is 7.12. The van der Waals surface area contributed by atoms with Gasteiger partial charge in [-0.25, -0.2) is 0 Å². The van der Waals surface area contributed by atoms with E-state index in [2.05, 4.69) is 25.6 Å². The van der Waals surface area contributed by atoms with E-state index >= 15 is 0 Å². The van der Waals surface area contributed by atoms with Crippen LogP contribution >= 0.6 is 11.8 Å². The number of nitrogens with two attached hydrogens (primary N) is 1. The van der Waals surface area contributed by atoms with Gasteiger partial charge in [-0.15, -0.1) is 0 Å². The van der Waals surface area contributed by atoms with Gasteiger partial charge in [0.2, 0.25) is 0 Å². The van der Waals surface area contributed by atoms with Gasteiger partial charge >= 0.3 is 0 Å². The van der Waals surface area contributed by atoms with Gasteiger partial charge in [-0.05, 0) is 30.9 Å². The third-order valence-corrected chi connectivity index (χ3v) is 4.55. The molecule has 0 aliphatic carbocycles. The summed E-state index contributed by atoms with van der Waals surface area (Å²) in [5, 5.41) is 0.760. The summed E-state index contributed by atoms with van der Waals surface area (Å²) in [6, 6.07) is 0.457. The van der Waals surface area contributed by atoms with E-state index in [0.717, 1.165) is 11.2 Å². The lowest BCUT2D eigenvalue weighted by Crippen LogP contribution is -2.34. The molecular formula is C12H25NS. The van der Waals surface area contributed by atoms with Crippen molar-refractivity contribution in [2.75, 3.05) is 5.75 Å². The average Bonchev–Trinajstić information content (AvgIpc) is 2.18. The van der Waals surface area contributed by atoms with Crippen molar-refractivity contribution in [1.82, 2.24) is 0 Å². The van der Waals surface area contributed by atoms with E-state index in [0.29, 0.717) is 6.04 Å². The summed E-state index contributed by atoms with van der Waals surface area (Å²) in [6.45, 7) is 4.59. The molecule has 1 saturated heterocycles. The van der Waals surface area contributed by atoms with Crippen molar-refractivity contribution in [1.29, 1.82) is 0 Å². The smallest absolute Gasteiger partial charge is 0.0199 e. The monoisotopic (exact) mass is 215 g/mol. The molecular weight excluding hydrogens is 190 g/mol. The molecule has 0 aromatic heterocycles. The maximum Gasteiger partial charge on any atom is 0.0199 e. The highest BCUT2D eigenvalue weighted by Crippen LogP contribution is 2.28. The molecule has 0 spiro atoms. The molecule has 1 nitrogen and oxygen atoms in total. The van der Waals surface area contributed by atoms with Gasteiger partial charge in [0.05, 0.1) is 0 Å². The number of thioether (sulfide) groups is 1. The van der Waals surface area contributed by atoms with Gasteiger partial charge < -0.3 is 5.73 Å². The second-order valence-corrected chi connectivity index (χ2v) is 6.24. The van der Waals surface area contributed by atoms with Gasteiger partial charge in [-0.2, -0.15) is 11.8 Å². The SMILES string of the molecule is CC(C)CCCC(N)C1CCCCS1. The average molecular weight is 215 g/mol.